The van der Waals surface area contributed by atoms with Gasteiger partial charge in [0, 0.05) is 18.6 Å². The molecule has 19 heavy (non-hydrogen) atoms. The van der Waals surface area contributed by atoms with Crippen LogP contribution in [0.15, 0.2) is 24.3 Å². The van der Waals surface area contributed by atoms with E-state index in [4.69, 9.17) is 9.47 Å². The number of nitrogens with one attached hydrogen (secondary N) is 2. The Morgan fingerprint density at radius 3 is 3.05 bits per heavy atom. The normalized spacial score (nSPS) is 20.8. The summed E-state index contributed by atoms with van der Waals surface area (Å²) in [6.45, 7) is 7.46. The van der Waals surface area contributed by atoms with Gasteiger partial charge >= 0.3 is 0 Å². The van der Waals surface area contributed by atoms with Gasteiger partial charge in [-0.3, -0.25) is 0 Å². The summed E-state index contributed by atoms with van der Waals surface area (Å²) in [7, 11) is 0. The highest BCUT2D eigenvalue weighted by molar-refractivity contribution is 5.56. The molecule has 0 spiro atoms. The lowest BCUT2D eigenvalue weighted by atomic mass is 10.1. The summed E-state index contributed by atoms with van der Waals surface area (Å²) < 4.78 is 11.1. The number of anilines is 1. The Morgan fingerprint density at radius 2 is 2.32 bits per heavy atom. The second-order valence-corrected chi connectivity index (χ2v) is 4.94. The molecule has 0 aliphatic carbocycles. The van der Waals surface area contributed by atoms with E-state index in [0.29, 0.717) is 18.7 Å². The van der Waals surface area contributed by atoms with Gasteiger partial charge in [-0.25, -0.2) is 0 Å². The molecule has 1 saturated heterocycles. The van der Waals surface area contributed by atoms with Gasteiger partial charge in [-0.15, -0.1) is 0 Å². The molecule has 0 amide bonds. The van der Waals surface area contributed by atoms with Crippen LogP contribution < -0.4 is 15.4 Å². The maximum atomic E-state index is 5.63. The molecule has 0 aromatic heterocycles. The van der Waals surface area contributed by atoms with Crippen molar-refractivity contribution in [2.75, 3.05) is 31.7 Å². The van der Waals surface area contributed by atoms with Crippen molar-refractivity contribution >= 4 is 5.69 Å². The van der Waals surface area contributed by atoms with Crippen molar-refractivity contribution in [3.05, 3.63) is 24.3 Å². The Hall–Kier alpha value is -1.26. The van der Waals surface area contributed by atoms with E-state index in [1.165, 1.54) is 0 Å². The van der Waals surface area contributed by atoms with E-state index in [0.717, 1.165) is 37.6 Å². The monoisotopic (exact) mass is 264 g/mol. The molecule has 106 valence electrons. The third-order valence-corrected chi connectivity index (χ3v) is 3.23. The Bertz CT molecular complexity index is 378. The first-order valence-electron chi connectivity index (χ1n) is 7.09. The Morgan fingerprint density at radius 1 is 1.47 bits per heavy atom. The van der Waals surface area contributed by atoms with E-state index in [1.807, 2.05) is 25.1 Å². The molecule has 1 aromatic carbocycles. The van der Waals surface area contributed by atoms with Crippen molar-refractivity contribution in [1.29, 1.82) is 0 Å². The standard InChI is InChI=1S/C15H24N2O2/c1-3-19-15-7-5-4-6-14(15)17-12(2)10-13-11-18-9-8-16-13/h4-7,12-13,16-17H,3,8-11H2,1-2H3. The van der Waals surface area contributed by atoms with Gasteiger partial charge in [0.15, 0.2) is 0 Å². The fourth-order valence-electron chi connectivity index (χ4n) is 2.39. The fourth-order valence-corrected chi connectivity index (χ4v) is 2.39. The zero-order chi connectivity index (χ0) is 13.5. The first-order valence-corrected chi connectivity index (χ1v) is 7.09. The van der Waals surface area contributed by atoms with Crippen molar-refractivity contribution in [1.82, 2.24) is 5.32 Å². The Labute approximate surface area is 115 Å². The number of para-hydroxylation sites is 2. The minimum atomic E-state index is 0.376. The summed E-state index contributed by atoms with van der Waals surface area (Å²) in [4.78, 5) is 0. The van der Waals surface area contributed by atoms with Crippen LogP contribution in [0.3, 0.4) is 0 Å². The maximum Gasteiger partial charge on any atom is 0.142 e. The van der Waals surface area contributed by atoms with Crippen molar-refractivity contribution in [2.45, 2.75) is 32.4 Å². The zero-order valence-corrected chi connectivity index (χ0v) is 11.8. The molecule has 1 aromatic rings. The first kappa shape index (κ1) is 14.2. The summed E-state index contributed by atoms with van der Waals surface area (Å²) in [6.07, 6.45) is 1.04. The van der Waals surface area contributed by atoms with E-state index < -0.39 is 0 Å². The number of morpholine rings is 1. The van der Waals surface area contributed by atoms with Crippen LogP contribution in [0.25, 0.3) is 0 Å². The van der Waals surface area contributed by atoms with Crippen LogP contribution in [0, 0.1) is 0 Å². The topological polar surface area (TPSA) is 42.5 Å². The number of benzene rings is 1. The maximum absolute atomic E-state index is 5.63. The molecule has 4 nitrogen and oxygen atoms in total. The summed E-state index contributed by atoms with van der Waals surface area (Å²) >= 11 is 0. The fraction of sp³-hybridized carbons (Fsp3) is 0.600. The molecule has 1 fully saturated rings. The average Bonchev–Trinajstić information content (AvgIpc) is 2.42. The van der Waals surface area contributed by atoms with Crippen LogP contribution in [0.5, 0.6) is 5.75 Å². The quantitative estimate of drug-likeness (QED) is 0.827. The minimum absolute atomic E-state index is 0.376. The second kappa shape index (κ2) is 7.36. The second-order valence-electron chi connectivity index (χ2n) is 4.94. The van der Waals surface area contributed by atoms with Crippen molar-refractivity contribution in [3.63, 3.8) is 0 Å². The number of hydrogen-bond acceptors (Lipinski definition) is 4. The third kappa shape index (κ3) is 4.40. The predicted molar refractivity (Wildman–Crippen MR) is 77.9 cm³/mol. The highest BCUT2D eigenvalue weighted by Gasteiger charge is 2.16. The molecule has 4 heteroatoms. The lowest BCUT2D eigenvalue weighted by molar-refractivity contribution is 0.0731. The Kier molecular flexibility index (Phi) is 5.48. The number of rotatable bonds is 6. The molecule has 2 atom stereocenters. The molecule has 0 radical (unpaired) electrons. The van der Waals surface area contributed by atoms with E-state index in [-0.39, 0.29) is 0 Å². The van der Waals surface area contributed by atoms with Crippen molar-refractivity contribution in [3.8, 4) is 5.75 Å². The highest BCUT2D eigenvalue weighted by atomic mass is 16.5. The molecular formula is C15H24N2O2. The van der Waals surface area contributed by atoms with Gasteiger partial charge in [-0.05, 0) is 32.4 Å². The lowest BCUT2D eigenvalue weighted by Gasteiger charge is -2.27. The predicted octanol–water partition coefficient (Wildman–Crippen LogP) is 2.26. The van der Waals surface area contributed by atoms with E-state index in [2.05, 4.69) is 23.6 Å². The highest BCUT2D eigenvalue weighted by Crippen LogP contribution is 2.25. The molecule has 0 bridgehead atoms. The lowest BCUT2D eigenvalue weighted by Crippen LogP contribution is -2.43. The average molecular weight is 264 g/mol. The Balaban J connectivity index is 1.88. The molecule has 1 aliphatic heterocycles. The SMILES string of the molecule is CCOc1ccccc1NC(C)CC1COCCN1. The summed E-state index contributed by atoms with van der Waals surface area (Å²) in [5, 5.41) is 7.00. The number of ether oxygens (including phenoxy) is 2. The molecule has 1 heterocycles. The molecule has 2 unspecified atom stereocenters. The van der Waals surface area contributed by atoms with Gasteiger partial charge in [-0.2, -0.15) is 0 Å². The summed E-state index contributed by atoms with van der Waals surface area (Å²) in [6, 6.07) is 8.90. The zero-order valence-electron chi connectivity index (χ0n) is 11.8. The summed E-state index contributed by atoms with van der Waals surface area (Å²) in [5.41, 5.74) is 1.06. The van der Waals surface area contributed by atoms with E-state index in [1.54, 1.807) is 0 Å². The van der Waals surface area contributed by atoms with Crippen LogP contribution in [-0.4, -0.2) is 38.4 Å². The summed E-state index contributed by atoms with van der Waals surface area (Å²) in [5.74, 6) is 0.921. The van der Waals surface area contributed by atoms with Gasteiger partial charge in [0.05, 0.1) is 25.5 Å². The van der Waals surface area contributed by atoms with Crippen LogP contribution in [0.4, 0.5) is 5.69 Å². The minimum Gasteiger partial charge on any atom is -0.492 e. The largest absolute Gasteiger partial charge is 0.492 e. The van der Waals surface area contributed by atoms with Crippen molar-refractivity contribution in [2.24, 2.45) is 0 Å². The van der Waals surface area contributed by atoms with Gasteiger partial charge in [0.2, 0.25) is 0 Å². The van der Waals surface area contributed by atoms with Gasteiger partial charge in [0.1, 0.15) is 5.75 Å². The van der Waals surface area contributed by atoms with Crippen LogP contribution in [0.2, 0.25) is 0 Å². The molecule has 1 aliphatic rings. The van der Waals surface area contributed by atoms with Crippen LogP contribution in [0.1, 0.15) is 20.3 Å². The molecule has 0 saturated carbocycles. The van der Waals surface area contributed by atoms with Gasteiger partial charge in [0.25, 0.3) is 0 Å². The van der Waals surface area contributed by atoms with Crippen LogP contribution in [-0.2, 0) is 4.74 Å². The molecule has 2 N–H and O–H groups in total. The molecular weight excluding hydrogens is 240 g/mol. The van der Waals surface area contributed by atoms with E-state index in [9.17, 15) is 0 Å². The third-order valence-electron chi connectivity index (χ3n) is 3.23. The molecule has 2 rings (SSSR count). The van der Waals surface area contributed by atoms with E-state index >= 15 is 0 Å². The van der Waals surface area contributed by atoms with Gasteiger partial charge < -0.3 is 20.1 Å². The van der Waals surface area contributed by atoms with Crippen LogP contribution >= 0.6 is 0 Å². The van der Waals surface area contributed by atoms with Crippen molar-refractivity contribution < 1.29 is 9.47 Å². The number of hydrogen-bond donors (Lipinski definition) is 2. The van der Waals surface area contributed by atoms with Gasteiger partial charge in [-0.1, -0.05) is 12.1 Å². The smallest absolute Gasteiger partial charge is 0.142 e. The first-order chi connectivity index (χ1) is 9.29.